The monoisotopic (exact) mass is 813 g/mol. The van der Waals surface area contributed by atoms with E-state index in [1.54, 1.807) is 68.8 Å². The Morgan fingerprint density at radius 2 is 1.29 bits per heavy atom. The van der Waals surface area contributed by atoms with Gasteiger partial charge < -0.3 is 29.0 Å². The second kappa shape index (κ2) is 16.4. The number of thioether (sulfide) groups is 1. The average molecular weight is 814 g/mol. The first-order chi connectivity index (χ1) is 28.7. The number of rotatable bonds is 13. The number of halogens is 1. The van der Waals surface area contributed by atoms with Gasteiger partial charge in [0.2, 0.25) is 0 Å². The summed E-state index contributed by atoms with van der Waals surface area (Å²) in [6.07, 6.45) is -1.06. The zero-order chi connectivity index (χ0) is 41.0. The fraction of sp³-hybridized carbons (Fsp3) is 0.217. The Kier molecular flexibility index (Phi) is 11.0. The Morgan fingerprint density at radius 3 is 1.78 bits per heavy atom. The molecule has 2 saturated heterocycles. The smallest absolute Gasteiger partial charge is 0.351 e. The molecular formula is C46H40FN3O8S. The van der Waals surface area contributed by atoms with Crippen molar-refractivity contribution in [3.63, 3.8) is 0 Å². The highest BCUT2D eigenvalue weighted by Crippen LogP contribution is 2.61. The van der Waals surface area contributed by atoms with Crippen molar-refractivity contribution in [1.82, 2.24) is 9.55 Å². The summed E-state index contributed by atoms with van der Waals surface area (Å²) in [6.45, 7) is -0.905. The lowest BCUT2D eigenvalue weighted by Crippen LogP contribution is -2.56. The number of nitrogens with one attached hydrogen (secondary N) is 1. The van der Waals surface area contributed by atoms with Gasteiger partial charge >= 0.3 is 17.6 Å². The fourth-order valence-corrected chi connectivity index (χ4v) is 9.04. The molecule has 0 aliphatic carbocycles. The Bertz CT molecular complexity index is 2420. The highest BCUT2D eigenvalue weighted by Gasteiger charge is 2.71. The summed E-state index contributed by atoms with van der Waals surface area (Å²) in [5.41, 5.74) is 1.05. The molecule has 1 spiro atoms. The highest BCUT2D eigenvalue weighted by atomic mass is 32.2. The predicted octanol–water partition coefficient (Wildman–Crippen LogP) is 7.82. The minimum absolute atomic E-state index is 0.198. The van der Waals surface area contributed by atoms with E-state index in [0.717, 1.165) is 16.7 Å². The second-order valence-corrected chi connectivity index (χ2v) is 15.6. The maximum absolute atomic E-state index is 17.5. The minimum atomic E-state index is -2.84. The molecule has 4 atom stereocenters. The van der Waals surface area contributed by atoms with Gasteiger partial charge in [0, 0.05) is 6.20 Å². The lowest BCUT2D eigenvalue weighted by Gasteiger charge is -2.44. The number of ether oxygens (including phenoxy) is 5. The van der Waals surface area contributed by atoms with Gasteiger partial charge in [0.25, 0.3) is 5.85 Å². The van der Waals surface area contributed by atoms with Crippen LogP contribution < -0.4 is 20.5 Å². The molecule has 6 aromatic rings. The van der Waals surface area contributed by atoms with E-state index in [2.05, 4.69) is 10.3 Å². The second-order valence-electron chi connectivity index (χ2n) is 14.1. The standard InChI is InChI=1S/C46H40FN3O8S/c1-54-36-22-18-34(19-23-36)46(33-16-10-5-11-17-33,35-20-24-37(55-2)25-21-35)49-38-26-28-50(43(53)48-38)42-44(27-29-59-44)41(57-40(52)32-14-8-4-9-15-32)45(47,58-42)30-56-39(51)31-12-6-3-7-13-31/h3-26,28,41-42H,27,29-30H2,1-2H3,(H,48,49,53)/t41-,42+,44+,45+/m0/s1. The van der Waals surface area contributed by atoms with E-state index < -0.39 is 52.7 Å². The van der Waals surface area contributed by atoms with Gasteiger partial charge in [-0.15, -0.1) is 11.8 Å². The topological polar surface area (TPSA) is 127 Å². The zero-order valence-electron chi connectivity index (χ0n) is 32.2. The molecule has 2 aliphatic heterocycles. The molecule has 13 heteroatoms. The van der Waals surface area contributed by atoms with E-state index in [4.69, 9.17) is 23.7 Å². The molecule has 11 nitrogen and oxygen atoms in total. The van der Waals surface area contributed by atoms with E-state index in [0.29, 0.717) is 23.7 Å². The van der Waals surface area contributed by atoms with Crippen LogP contribution in [0.25, 0.3) is 0 Å². The van der Waals surface area contributed by atoms with Gasteiger partial charge in [0.05, 0.1) is 25.3 Å². The van der Waals surface area contributed by atoms with Crippen LogP contribution in [0.3, 0.4) is 0 Å². The van der Waals surface area contributed by atoms with Crippen LogP contribution in [0.2, 0.25) is 0 Å². The molecule has 5 aromatic carbocycles. The third kappa shape index (κ3) is 7.43. The van der Waals surface area contributed by atoms with Crippen molar-refractivity contribution in [2.24, 2.45) is 0 Å². The SMILES string of the molecule is COc1ccc(C(Nc2ccn([C@@H]3O[C@](F)(COC(=O)c4ccccc4)[C@@H](OC(=O)c4ccccc4)[C@]34CCS4)c(=O)n2)(c2ccccc2)c2ccc(OC)cc2)cc1. The van der Waals surface area contributed by atoms with Crippen LogP contribution in [0.1, 0.15) is 50.1 Å². The van der Waals surface area contributed by atoms with Crippen LogP contribution in [0, 0.1) is 0 Å². The molecule has 300 valence electrons. The number of aromatic nitrogens is 2. The van der Waals surface area contributed by atoms with Gasteiger partial charge in [-0.1, -0.05) is 91.0 Å². The predicted molar refractivity (Wildman–Crippen MR) is 221 cm³/mol. The van der Waals surface area contributed by atoms with Crippen molar-refractivity contribution in [1.29, 1.82) is 0 Å². The Labute approximate surface area is 344 Å². The molecule has 59 heavy (non-hydrogen) atoms. The van der Waals surface area contributed by atoms with Crippen LogP contribution in [0.15, 0.2) is 157 Å². The van der Waals surface area contributed by atoms with Crippen molar-refractivity contribution < 1.29 is 37.7 Å². The average Bonchev–Trinajstić information content (AvgIpc) is 3.53. The number of nitrogens with zero attached hydrogens (tertiary/aromatic N) is 2. The number of benzene rings is 5. The number of alkyl halides is 1. The van der Waals surface area contributed by atoms with Gasteiger partial charge in [-0.05, 0) is 83.5 Å². The van der Waals surface area contributed by atoms with Crippen molar-refractivity contribution in [2.45, 2.75) is 34.9 Å². The number of carbonyl (C=O) groups excluding carboxylic acids is 2. The largest absolute Gasteiger partial charge is 0.497 e. The molecule has 1 aromatic heterocycles. The van der Waals surface area contributed by atoms with Crippen LogP contribution in [-0.4, -0.2) is 64.8 Å². The quantitative estimate of drug-likeness (QED) is 0.0906. The molecular weight excluding hydrogens is 774 g/mol. The maximum atomic E-state index is 17.5. The van der Waals surface area contributed by atoms with E-state index in [1.807, 2.05) is 78.9 Å². The summed E-state index contributed by atoms with van der Waals surface area (Å²) >= 11 is 1.31. The normalized spacial score (nSPS) is 20.9. The third-order valence-electron chi connectivity index (χ3n) is 10.7. The number of esters is 2. The van der Waals surface area contributed by atoms with Crippen LogP contribution in [-0.2, 0) is 19.7 Å². The summed E-state index contributed by atoms with van der Waals surface area (Å²) < 4.78 is 46.0. The minimum Gasteiger partial charge on any atom is -0.497 e. The van der Waals surface area contributed by atoms with E-state index in [1.165, 1.54) is 34.7 Å². The number of hydrogen-bond acceptors (Lipinski definition) is 11. The number of carbonyl (C=O) groups is 2. The Hall–Kier alpha value is -6.44. The summed E-state index contributed by atoms with van der Waals surface area (Å²) in [4.78, 5) is 45.4. The molecule has 2 fully saturated rings. The number of anilines is 1. The zero-order valence-corrected chi connectivity index (χ0v) is 33.0. The van der Waals surface area contributed by atoms with Crippen molar-refractivity contribution in [2.75, 3.05) is 31.9 Å². The van der Waals surface area contributed by atoms with Crippen molar-refractivity contribution >= 4 is 29.5 Å². The molecule has 0 unspecified atom stereocenters. The van der Waals surface area contributed by atoms with Gasteiger partial charge in [-0.2, -0.15) is 4.98 Å². The summed E-state index contributed by atoms with van der Waals surface area (Å²) in [5, 5.41) is 3.59. The van der Waals surface area contributed by atoms with E-state index in [-0.39, 0.29) is 16.9 Å². The van der Waals surface area contributed by atoms with E-state index >= 15 is 4.39 Å². The summed E-state index contributed by atoms with van der Waals surface area (Å²) in [6, 6.07) is 42.9. The summed E-state index contributed by atoms with van der Waals surface area (Å²) in [7, 11) is 3.19. The molecule has 8 rings (SSSR count). The van der Waals surface area contributed by atoms with Crippen molar-refractivity contribution in [3.8, 4) is 11.5 Å². The van der Waals surface area contributed by atoms with Gasteiger partial charge in [0.15, 0.2) is 18.9 Å². The first kappa shape index (κ1) is 39.4. The van der Waals surface area contributed by atoms with Gasteiger partial charge in [-0.25, -0.2) is 18.8 Å². The maximum Gasteiger partial charge on any atom is 0.351 e. The molecule has 0 amide bonds. The molecule has 2 aliphatic rings. The molecule has 0 saturated carbocycles. The first-order valence-corrected chi connectivity index (χ1v) is 19.9. The van der Waals surface area contributed by atoms with Crippen LogP contribution in [0.4, 0.5) is 10.2 Å². The van der Waals surface area contributed by atoms with Crippen LogP contribution >= 0.6 is 11.8 Å². The van der Waals surface area contributed by atoms with Crippen LogP contribution in [0.5, 0.6) is 11.5 Å². The van der Waals surface area contributed by atoms with Crippen molar-refractivity contribution in [3.05, 3.63) is 190 Å². The lowest BCUT2D eigenvalue weighted by molar-refractivity contribution is -0.208. The molecule has 1 N–H and O–H groups in total. The van der Waals surface area contributed by atoms with E-state index in [9.17, 15) is 14.4 Å². The third-order valence-corrected chi connectivity index (χ3v) is 12.3. The Morgan fingerprint density at radius 1 is 0.780 bits per heavy atom. The molecule has 3 heterocycles. The Balaban J connectivity index is 1.18. The molecule has 0 radical (unpaired) electrons. The number of methoxy groups -OCH3 is 2. The highest BCUT2D eigenvalue weighted by molar-refractivity contribution is 8.02. The summed E-state index contributed by atoms with van der Waals surface area (Å²) in [5.74, 6) is -2.30. The fourth-order valence-electron chi connectivity index (χ4n) is 7.68. The number of hydrogen-bond donors (Lipinski definition) is 1. The lowest BCUT2D eigenvalue weighted by atomic mass is 9.77. The van der Waals surface area contributed by atoms with Gasteiger partial charge in [0.1, 0.15) is 27.6 Å². The first-order valence-electron chi connectivity index (χ1n) is 18.9. The van der Waals surface area contributed by atoms with Gasteiger partial charge in [-0.3, -0.25) is 4.57 Å². The molecule has 0 bridgehead atoms.